The molecule has 0 unspecified atom stereocenters. The molecule has 0 aliphatic carbocycles. The lowest BCUT2D eigenvalue weighted by atomic mass is 9.96. The molecular formula is C18H15Cl2N3O3. The lowest BCUT2D eigenvalue weighted by molar-refractivity contribution is -0.114. The van der Waals surface area contributed by atoms with E-state index < -0.39 is 11.8 Å². The van der Waals surface area contributed by atoms with Crippen LogP contribution in [-0.2, 0) is 11.3 Å². The molecule has 3 rings (SSSR count). The van der Waals surface area contributed by atoms with Crippen LogP contribution in [0.15, 0.2) is 36.4 Å². The first-order valence-electron chi connectivity index (χ1n) is 7.57. The molecule has 2 aromatic carbocycles. The fourth-order valence-corrected chi connectivity index (χ4v) is 3.39. The first-order valence-corrected chi connectivity index (χ1v) is 8.33. The van der Waals surface area contributed by atoms with E-state index in [1.54, 1.807) is 18.2 Å². The van der Waals surface area contributed by atoms with E-state index in [2.05, 4.69) is 6.58 Å². The van der Waals surface area contributed by atoms with Gasteiger partial charge < -0.3 is 21.5 Å². The number of carbonyl (C=O) groups is 2. The zero-order valence-electron chi connectivity index (χ0n) is 13.6. The zero-order valence-corrected chi connectivity index (χ0v) is 15.1. The summed E-state index contributed by atoms with van der Waals surface area (Å²) in [5.74, 6) is -1.24. The van der Waals surface area contributed by atoms with Crippen LogP contribution in [0.2, 0.25) is 10.0 Å². The number of amides is 2. The predicted molar refractivity (Wildman–Crippen MR) is 101 cm³/mol. The Morgan fingerprint density at radius 1 is 1.27 bits per heavy atom. The van der Waals surface area contributed by atoms with Gasteiger partial charge >= 0.3 is 0 Å². The summed E-state index contributed by atoms with van der Waals surface area (Å²) < 4.78 is 0. The van der Waals surface area contributed by atoms with Gasteiger partial charge in [-0.3, -0.25) is 9.59 Å². The van der Waals surface area contributed by atoms with Gasteiger partial charge in [0.2, 0.25) is 5.91 Å². The van der Waals surface area contributed by atoms with Crippen LogP contribution in [0.3, 0.4) is 0 Å². The van der Waals surface area contributed by atoms with Crippen LogP contribution in [0.4, 0.5) is 5.69 Å². The Balaban J connectivity index is 2.08. The molecule has 6 nitrogen and oxygen atoms in total. The van der Waals surface area contributed by atoms with Gasteiger partial charge in [-0.1, -0.05) is 35.8 Å². The highest BCUT2D eigenvalue weighted by Crippen LogP contribution is 2.40. The van der Waals surface area contributed by atoms with Crippen molar-refractivity contribution in [1.29, 1.82) is 0 Å². The number of aromatic hydroxyl groups is 1. The van der Waals surface area contributed by atoms with Crippen molar-refractivity contribution in [2.75, 3.05) is 12.3 Å². The van der Waals surface area contributed by atoms with Crippen molar-refractivity contribution in [1.82, 2.24) is 4.90 Å². The van der Waals surface area contributed by atoms with E-state index in [1.807, 2.05) is 0 Å². The number of carbonyl (C=O) groups excluding carboxylic acids is 2. The van der Waals surface area contributed by atoms with Crippen LogP contribution in [0.25, 0.3) is 11.1 Å². The average molecular weight is 392 g/mol. The fraction of sp³-hybridized carbons (Fsp3) is 0.111. The Kier molecular flexibility index (Phi) is 4.56. The smallest absolute Gasteiger partial charge is 0.258 e. The van der Waals surface area contributed by atoms with Crippen LogP contribution < -0.4 is 11.5 Å². The van der Waals surface area contributed by atoms with Crippen molar-refractivity contribution >= 4 is 40.7 Å². The third kappa shape index (κ3) is 2.98. The van der Waals surface area contributed by atoms with Gasteiger partial charge in [0.25, 0.3) is 5.91 Å². The van der Waals surface area contributed by atoms with Crippen LogP contribution in [0.1, 0.15) is 15.9 Å². The van der Waals surface area contributed by atoms with E-state index in [4.69, 9.17) is 34.7 Å². The fourth-order valence-electron chi connectivity index (χ4n) is 2.91. The number of anilines is 1. The van der Waals surface area contributed by atoms with Crippen molar-refractivity contribution in [2.24, 2.45) is 5.73 Å². The summed E-state index contributed by atoms with van der Waals surface area (Å²) in [7, 11) is 0. The van der Waals surface area contributed by atoms with Gasteiger partial charge in [0, 0.05) is 12.1 Å². The third-order valence-electron chi connectivity index (χ3n) is 4.26. The molecule has 26 heavy (non-hydrogen) atoms. The van der Waals surface area contributed by atoms with Gasteiger partial charge in [0.15, 0.2) is 0 Å². The maximum atomic E-state index is 12.6. The predicted octanol–water partition coefficient (Wildman–Crippen LogP) is 2.95. The summed E-state index contributed by atoms with van der Waals surface area (Å²) >= 11 is 12.2. The maximum absolute atomic E-state index is 12.6. The van der Waals surface area contributed by atoms with Crippen LogP contribution in [0.5, 0.6) is 5.75 Å². The molecule has 0 fully saturated rings. The van der Waals surface area contributed by atoms with E-state index in [0.29, 0.717) is 16.7 Å². The monoisotopic (exact) mass is 391 g/mol. The molecule has 0 spiro atoms. The minimum absolute atomic E-state index is 0.0228. The number of primary amides is 1. The molecule has 5 N–H and O–H groups in total. The molecule has 0 atom stereocenters. The van der Waals surface area contributed by atoms with E-state index in [-0.39, 0.29) is 45.7 Å². The molecule has 0 aromatic heterocycles. The number of hydrogen-bond acceptors (Lipinski definition) is 4. The first-order chi connectivity index (χ1) is 12.2. The van der Waals surface area contributed by atoms with Gasteiger partial charge in [-0.05, 0) is 34.9 Å². The summed E-state index contributed by atoms with van der Waals surface area (Å²) in [6.45, 7) is 3.73. The number of nitrogens with zero attached hydrogens (tertiary/aromatic N) is 1. The van der Waals surface area contributed by atoms with Crippen molar-refractivity contribution in [3.63, 3.8) is 0 Å². The lowest BCUT2D eigenvalue weighted by Gasteiger charge is -2.16. The number of nitrogen functional groups attached to an aromatic ring is 1. The van der Waals surface area contributed by atoms with Crippen molar-refractivity contribution in [3.8, 4) is 16.9 Å². The number of halogens is 2. The summed E-state index contributed by atoms with van der Waals surface area (Å²) in [6.07, 6.45) is 0. The Morgan fingerprint density at radius 3 is 2.46 bits per heavy atom. The SMILES string of the molecule is C=C(CN1Cc2c(-c3cc(Cl)c(N)c(Cl)c3)ccc(O)c2C1=O)C(N)=O. The van der Waals surface area contributed by atoms with E-state index >= 15 is 0 Å². The minimum Gasteiger partial charge on any atom is -0.507 e. The second-order valence-electron chi connectivity index (χ2n) is 5.97. The van der Waals surface area contributed by atoms with Crippen molar-refractivity contribution in [2.45, 2.75) is 6.54 Å². The lowest BCUT2D eigenvalue weighted by Crippen LogP contribution is -2.30. The molecule has 0 saturated carbocycles. The number of rotatable bonds is 4. The number of phenolic OH excluding ortho intramolecular Hbond substituents is 1. The Hall–Kier alpha value is -2.70. The molecule has 2 aromatic rings. The second-order valence-corrected chi connectivity index (χ2v) is 6.78. The summed E-state index contributed by atoms with van der Waals surface area (Å²) in [4.78, 5) is 25.3. The Labute approximate surface area is 159 Å². The highest BCUT2D eigenvalue weighted by molar-refractivity contribution is 6.39. The summed E-state index contributed by atoms with van der Waals surface area (Å²) in [5.41, 5.74) is 13.5. The molecule has 0 saturated heterocycles. The first kappa shape index (κ1) is 18.1. The second kappa shape index (κ2) is 6.55. The number of nitrogens with two attached hydrogens (primary N) is 2. The standard InChI is InChI=1S/C18H15Cl2N3O3/c1-8(17(22)25)6-23-7-11-10(2-3-14(24)15(11)18(23)26)9-4-12(19)16(21)13(20)5-9/h2-5,24H,1,6-7,21H2,(H2,22,25). The molecule has 8 heteroatoms. The highest BCUT2D eigenvalue weighted by Gasteiger charge is 2.33. The van der Waals surface area contributed by atoms with Gasteiger partial charge in [-0.2, -0.15) is 0 Å². The van der Waals surface area contributed by atoms with Crippen LogP contribution >= 0.6 is 23.2 Å². The molecule has 0 bridgehead atoms. The molecule has 1 aliphatic heterocycles. The number of phenols is 1. The maximum Gasteiger partial charge on any atom is 0.258 e. The molecule has 1 aliphatic rings. The normalized spacial score (nSPS) is 13.0. The third-order valence-corrected chi connectivity index (χ3v) is 4.89. The number of hydrogen-bond donors (Lipinski definition) is 3. The average Bonchev–Trinajstić information content (AvgIpc) is 2.90. The largest absolute Gasteiger partial charge is 0.507 e. The van der Waals surface area contributed by atoms with Crippen LogP contribution in [-0.4, -0.2) is 28.4 Å². The van der Waals surface area contributed by atoms with Gasteiger partial charge in [-0.25, -0.2) is 0 Å². The molecule has 2 amide bonds. The summed E-state index contributed by atoms with van der Waals surface area (Å²) in [5, 5.41) is 10.7. The number of fused-ring (bicyclic) bond motifs is 1. The Bertz CT molecular complexity index is 949. The van der Waals surface area contributed by atoms with E-state index in [9.17, 15) is 14.7 Å². The van der Waals surface area contributed by atoms with E-state index in [1.165, 1.54) is 11.0 Å². The van der Waals surface area contributed by atoms with Crippen molar-refractivity contribution in [3.05, 3.63) is 57.6 Å². The molecular weight excluding hydrogens is 377 g/mol. The molecule has 0 radical (unpaired) electrons. The zero-order chi connectivity index (χ0) is 19.2. The van der Waals surface area contributed by atoms with E-state index in [0.717, 1.165) is 0 Å². The Morgan fingerprint density at radius 2 is 1.88 bits per heavy atom. The van der Waals surface area contributed by atoms with Gasteiger partial charge in [-0.15, -0.1) is 0 Å². The van der Waals surface area contributed by atoms with Crippen LogP contribution in [0, 0.1) is 0 Å². The molecule has 134 valence electrons. The topological polar surface area (TPSA) is 110 Å². The molecule has 1 heterocycles. The van der Waals surface area contributed by atoms with Gasteiger partial charge in [0.05, 0.1) is 27.8 Å². The quantitative estimate of drug-likeness (QED) is 0.549. The minimum atomic E-state index is -0.685. The van der Waals surface area contributed by atoms with Crippen molar-refractivity contribution < 1.29 is 14.7 Å². The summed E-state index contributed by atoms with van der Waals surface area (Å²) in [6, 6.07) is 6.39. The van der Waals surface area contributed by atoms with Gasteiger partial charge in [0.1, 0.15) is 5.75 Å². The highest BCUT2D eigenvalue weighted by atomic mass is 35.5. The number of benzene rings is 2.